The van der Waals surface area contributed by atoms with E-state index in [1.165, 1.54) is 11.1 Å². The van der Waals surface area contributed by atoms with Crippen LogP contribution in [0.25, 0.3) is 0 Å². The van der Waals surface area contributed by atoms with Crippen LogP contribution in [0.2, 0.25) is 0 Å². The van der Waals surface area contributed by atoms with Crippen LogP contribution in [0.4, 0.5) is 0 Å². The molecule has 0 aliphatic rings. The fourth-order valence-corrected chi connectivity index (χ4v) is 2.02. The Morgan fingerprint density at radius 3 is 2.26 bits per heavy atom. The first-order chi connectivity index (χ1) is 9.16. The summed E-state index contributed by atoms with van der Waals surface area (Å²) < 4.78 is 0. The maximum atomic E-state index is 9.67. The number of hydrogen-bond donors (Lipinski definition) is 2. The minimum absolute atomic E-state index is 0.352. The predicted molar refractivity (Wildman–Crippen MR) is 79.2 cm³/mol. The molecule has 0 aliphatic carbocycles. The number of hydrogen-bond acceptors (Lipinski definition) is 2. The Morgan fingerprint density at radius 1 is 0.947 bits per heavy atom. The van der Waals surface area contributed by atoms with Crippen molar-refractivity contribution in [3.63, 3.8) is 0 Å². The molecule has 0 atom stereocenters. The molecule has 2 heteroatoms. The molecule has 0 amide bonds. The number of para-hydroxylation sites is 1. The van der Waals surface area contributed by atoms with E-state index >= 15 is 0 Å². The van der Waals surface area contributed by atoms with Gasteiger partial charge in [0.25, 0.3) is 0 Å². The summed E-state index contributed by atoms with van der Waals surface area (Å²) >= 11 is 0. The van der Waals surface area contributed by atoms with Crippen LogP contribution in [0.5, 0.6) is 5.75 Å². The largest absolute Gasteiger partial charge is 0.508 e. The summed E-state index contributed by atoms with van der Waals surface area (Å²) in [7, 11) is 0. The lowest BCUT2D eigenvalue weighted by atomic mass is 10.0. The summed E-state index contributed by atoms with van der Waals surface area (Å²) in [6.45, 7) is 5.89. The first kappa shape index (κ1) is 13.6. The predicted octanol–water partition coefficient (Wildman–Crippen LogP) is 3.81. The SMILES string of the molecule is CC(C)c1ccc(CNCc2ccccc2O)cc1. The van der Waals surface area contributed by atoms with Crippen molar-refractivity contribution >= 4 is 0 Å². The molecule has 0 radical (unpaired) electrons. The van der Waals surface area contributed by atoms with E-state index in [1.54, 1.807) is 6.07 Å². The molecule has 0 unspecified atom stereocenters. The van der Waals surface area contributed by atoms with Gasteiger partial charge in [0.05, 0.1) is 0 Å². The van der Waals surface area contributed by atoms with Crippen molar-refractivity contribution in [3.05, 3.63) is 65.2 Å². The molecule has 19 heavy (non-hydrogen) atoms. The Bertz CT molecular complexity index is 517. The van der Waals surface area contributed by atoms with Crippen molar-refractivity contribution in [2.75, 3.05) is 0 Å². The molecule has 2 nitrogen and oxygen atoms in total. The first-order valence-corrected chi connectivity index (χ1v) is 6.73. The van der Waals surface area contributed by atoms with Gasteiger partial charge in [-0.1, -0.05) is 56.3 Å². The zero-order valence-corrected chi connectivity index (χ0v) is 11.6. The third-order valence-electron chi connectivity index (χ3n) is 3.28. The standard InChI is InChI=1S/C17H21NO/c1-13(2)15-9-7-14(8-10-15)11-18-12-16-5-3-4-6-17(16)19/h3-10,13,18-19H,11-12H2,1-2H3. The van der Waals surface area contributed by atoms with Gasteiger partial charge in [-0.2, -0.15) is 0 Å². The Kier molecular flexibility index (Phi) is 4.58. The van der Waals surface area contributed by atoms with E-state index in [0.717, 1.165) is 12.1 Å². The quantitative estimate of drug-likeness (QED) is 0.851. The summed E-state index contributed by atoms with van der Waals surface area (Å²) in [5.41, 5.74) is 3.56. The number of rotatable bonds is 5. The van der Waals surface area contributed by atoms with Crippen molar-refractivity contribution in [1.29, 1.82) is 0 Å². The number of aromatic hydroxyl groups is 1. The van der Waals surface area contributed by atoms with E-state index in [0.29, 0.717) is 18.2 Å². The van der Waals surface area contributed by atoms with Crippen LogP contribution >= 0.6 is 0 Å². The van der Waals surface area contributed by atoms with Crippen LogP contribution in [0.15, 0.2) is 48.5 Å². The summed E-state index contributed by atoms with van der Waals surface area (Å²) in [4.78, 5) is 0. The maximum Gasteiger partial charge on any atom is 0.120 e. The summed E-state index contributed by atoms with van der Waals surface area (Å²) in [6, 6.07) is 16.1. The lowest BCUT2D eigenvalue weighted by Gasteiger charge is -2.09. The molecule has 0 saturated carbocycles. The highest BCUT2D eigenvalue weighted by molar-refractivity contribution is 5.31. The highest BCUT2D eigenvalue weighted by Crippen LogP contribution is 2.16. The van der Waals surface area contributed by atoms with E-state index in [1.807, 2.05) is 18.2 Å². The Balaban J connectivity index is 1.87. The van der Waals surface area contributed by atoms with Crippen molar-refractivity contribution in [3.8, 4) is 5.75 Å². The molecule has 2 N–H and O–H groups in total. The molecular formula is C17H21NO. The van der Waals surface area contributed by atoms with E-state index in [4.69, 9.17) is 0 Å². The number of phenolic OH excluding ortho intramolecular Hbond substituents is 1. The third-order valence-corrected chi connectivity index (χ3v) is 3.28. The minimum atomic E-state index is 0.352. The van der Waals surface area contributed by atoms with Crippen LogP contribution < -0.4 is 5.32 Å². The normalized spacial score (nSPS) is 10.9. The van der Waals surface area contributed by atoms with E-state index in [2.05, 4.69) is 43.4 Å². The maximum absolute atomic E-state index is 9.67. The molecule has 0 bridgehead atoms. The highest BCUT2D eigenvalue weighted by atomic mass is 16.3. The monoisotopic (exact) mass is 255 g/mol. The topological polar surface area (TPSA) is 32.3 Å². The van der Waals surface area contributed by atoms with Gasteiger partial charge < -0.3 is 10.4 Å². The highest BCUT2D eigenvalue weighted by Gasteiger charge is 2.01. The number of benzene rings is 2. The second-order valence-corrected chi connectivity index (χ2v) is 5.13. The molecular weight excluding hydrogens is 234 g/mol. The molecule has 100 valence electrons. The van der Waals surface area contributed by atoms with Gasteiger partial charge in [0, 0.05) is 18.7 Å². The molecule has 2 rings (SSSR count). The Morgan fingerprint density at radius 2 is 1.63 bits per heavy atom. The molecule has 0 fully saturated rings. The smallest absolute Gasteiger partial charge is 0.120 e. The van der Waals surface area contributed by atoms with Gasteiger partial charge in [-0.3, -0.25) is 0 Å². The van der Waals surface area contributed by atoms with Crippen LogP contribution in [0.3, 0.4) is 0 Å². The average molecular weight is 255 g/mol. The fourth-order valence-electron chi connectivity index (χ4n) is 2.02. The van der Waals surface area contributed by atoms with Gasteiger partial charge in [-0.25, -0.2) is 0 Å². The molecule has 0 aromatic heterocycles. The van der Waals surface area contributed by atoms with Crippen molar-refractivity contribution in [2.45, 2.75) is 32.9 Å². The van der Waals surface area contributed by atoms with Gasteiger partial charge in [0.2, 0.25) is 0 Å². The second kappa shape index (κ2) is 6.39. The second-order valence-electron chi connectivity index (χ2n) is 5.13. The number of nitrogens with one attached hydrogen (secondary N) is 1. The fraction of sp³-hybridized carbons (Fsp3) is 0.294. The Labute approximate surface area is 115 Å². The zero-order chi connectivity index (χ0) is 13.7. The van der Waals surface area contributed by atoms with Crippen molar-refractivity contribution in [1.82, 2.24) is 5.32 Å². The van der Waals surface area contributed by atoms with Gasteiger partial charge in [-0.05, 0) is 23.1 Å². The zero-order valence-electron chi connectivity index (χ0n) is 11.6. The van der Waals surface area contributed by atoms with Crippen LogP contribution in [-0.4, -0.2) is 5.11 Å². The minimum Gasteiger partial charge on any atom is -0.508 e. The first-order valence-electron chi connectivity index (χ1n) is 6.73. The van der Waals surface area contributed by atoms with Gasteiger partial charge in [0.1, 0.15) is 5.75 Å². The van der Waals surface area contributed by atoms with Crippen molar-refractivity contribution in [2.24, 2.45) is 0 Å². The lowest BCUT2D eigenvalue weighted by Crippen LogP contribution is -2.12. The van der Waals surface area contributed by atoms with Gasteiger partial charge in [0.15, 0.2) is 0 Å². The van der Waals surface area contributed by atoms with Crippen molar-refractivity contribution < 1.29 is 5.11 Å². The molecule has 0 heterocycles. The molecule has 0 aliphatic heterocycles. The van der Waals surface area contributed by atoms with Crippen LogP contribution in [0, 0.1) is 0 Å². The molecule has 0 saturated heterocycles. The third kappa shape index (κ3) is 3.83. The molecule has 2 aromatic carbocycles. The number of phenols is 1. The summed E-state index contributed by atoms with van der Waals surface area (Å²) in [5, 5.41) is 13.0. The molecule has 0 spiro atoms. The van der Waals surface area contributed by atoms with E-state index in [-0.39, 0.29) is 0 Å². The van der Waals surface area contributed by atoms with Gasteiger partial charge >= 0.3 is 0 Å². The Hall–Kier alpha value is -1.80. The van der Waals surface area contributed by atoms with Crippen LogP contribution in [-0.2, 0) is 13.1 Å². The van der Waals surface area contributed by atoms with E-state index in [9.17, 15) is 5.11 Å². The lowest BCUT2D eigenvalue weighted by molar-refractivity contribution is 0.464. The average Bonchev–Trinajstić information content (AvgIpc) is 2.41. The molecule has 2 aromatic rings. The van der Waals surface area contributed by atoms with E-state index < -0.39 is 0 Å². The summed E-state index contributed by atoms with van der Waals surface area (Å²) in [6.07, 6.45) is 0. The summed E-state index contributed by atoms with van der Waals surface area (Å²) in [5.74, 6) is 0.924. The van der Waals surface area contributed by atoms with Crippen LogP contribution in [0.1, 0.15) is 36.5 Å². The van der Waals surface area contributed by atoms with Gasteiger partial charge in [-0.15, -0.1) is 0 Å².